The van der Waals surface area contributed by atoms with Gasteiger partial charge in [-0.3, -0.25) is 4.98 Å². The van der Waals surface area contributed by atoms with Gasteiger partial charge in [-0.25, -0.2) is 0 Å². The second-order valence-electron chi connectivity index (χ2n) is 8.06. The fourth-order valence-corrected chi connectivity index (χ4v) is 4.48. The maximum absolute atomic E-state index is 5.79. The van der Waals surface area contributed by atoms with Crippen LogP contribution in [0.4, 0.5) is 0 Å². The molecule has 3 aromatic rings. The van der Waals surface area contributed by atoms with Crippen LogP contribution in [0.2, 0.25) is 0 Å². The molecule has 0 aliphatic carbocycles. The highest BCUT2D eigenvalue weighted by Gasteiger charge is 2.41. The van der Waals surface area contributed by atoms with E-state index in [1.807, 2.05) is 30.5 Å². The van der Waals surface area contributed by atoms with Crippen LogP contribution in [0.1, 0.15) is 29.2 Å². The molecule has 4 rings (SSSR count). The molecule has 0 bridgehead atoms. The van der Waals surface area contributed by atoms with Crippen LogP contribution in [0.5, 0.6) is 5.75 Å². The summed E-state index contributed by atoms with van der Waals surface area (Å²) < 4.78 is 7.65. The zero-order chi connectivity index (χ0) is 22.0. The summed E-state index contributed by atoms with van der Waals surface area (Å²) in [5, 5.41) is 4.31. The van der Waals surface area contributed by atoms with Crippen molar-refractivity contribution < 1.29 is 4.74 Å². The molecule has 3 heterocycles. The zero-order valence-electron chi connectivity index (χ0n) is 18.4. The van der Waals surface area contributed by atoms with E-state index in [1.54, 1.807) is 7.11 Å². The number of thiocarbonyl (C=S) groups is 1. The number of nitrogens with one attached hydrogen (secondary N) is 1. The lowest BCUT2D eigenvalue weighted by Crippen LogP contribution is -2.36. The standard InChI is InChI=1S/C24H29N5OS/c1-17-8-13-21(29(17)18-9-11-19(30-4)12-10-18)23-22(20-7-5-6-14-25-20)26-24(31)28(23)16-15-27(2)3/h5-14,22-23H,15-16H2,1-4H3,(H,26,31)/t22-,23+/m0/s1. The lowest BCUT2D eigenvalue weighted by molar-refractivity contribution is 0.272. The third-order valence-corrected chi connectivity index (χ3v) is 6.08. The summed E-state index contributed by atoms with van der Waals surface area (Å²) in [4.78, 5) is 9.12. The van der Waals surface area contributed by atoms with Crippen molar-refractivity contribution in [1.82, 2.24) is 24.7 Å². The number of nitrogens with zero attached hydrogens (tertiary/aromatic N) is 4. The van der Waals surface area contributed by atoms with Crippen molar-refractivity contribution >= 4 is 17.3 Å². The smallest absolute Gasteiger partial charge is 0.170 e. The Hall–Kier alpha value is -2.90. The molecule has 0 amide bonds. The van der Waals surface area contributed by atoms with Gasteiger partial charge in [0.05, 0.1) is 24.9 Å². The fourth-order valence-electron chi connectivity index (χ4n) is 4.15. The molecule has 0 saturated carbocycles. The van der Waals surface area contributed by atoms with E-state index in [2.05, 4.69) is 76.0 Å². The first-order valence-electron chi connectivity index (χ1n) is 10.4. The van der Waals surface area contributed by atoms with Gasteiger partial charge in [0, 0.05) is 36.4 Å². The first-order chi connectivity index (χ1) is 15.0. The van der Waals surface area contributed by atoms with E-state index >= 15 is 0 Å². The van der Waals surface area contributed by atoms with Crippen LogP contribution in [0, 0.1) is 6.92 Å². The number of aryl methyl sites for hydroxylation is 1. The Morgan fingerprint density at radius 3 is 2.52 bits per heavy atom. The monoisotopic (exact) mass is 435 g/mol. The average Bonchev–Trinajstić information content (AvgIpc) is 3.32. The van der Waals surface area contributed by atoms with Crippen molar-refractivity contribution in [3.63, 3.8) is 0 Å². The predicted molar refractivity (Wildman–Crippen MR) is 128 cm³/mol. The summed E-state index contributed by atoms with van der Waals surface area (Å²) in [7, 11) is 5.86. The lowest BCUT2D eigenvalue weighted by atomic mass is 10.0. The molecule has 1 aromatic carbocycles. The van der Waals surface area contributed by atoms with E-state index < -0.39 is 0 Å². The maximum Gasteiger partial charge on any atom is 0.170 e. The average molecular weight is 436 g/mol. The molecule has 162 valence electrons. The van der Waals surface area contributed by atoms with Crippen LogP contribution in [0.25, 0.3) is 5.69 Å². The second-order valence-corrected chi connectivity index (χ2v) is 8.44. The number of ether oxygens (including phenoxy) is 1. The van der Waals surface area contributed by atoms with E-state index in [0.717, 1.165) is 35.3 Å². The van der Waals surface area contributed by atoms with Crippen LogP contribution in [0.3, 0.4) is 0 Å². The van der Waals surface area contributed by atoms with Crippen molar-refractivity contribution in [3.05, 3.63) is 77.9 Å². The van der Waals surface area contributed by atoms with Crippen LogP contribution in [0.15, 0.2) is 60.8 Å². The van der Waals surface area contributed by atoms with Gasteiger partial charge in [0.25, 0.3) is 0 Å². The van der Waals surface area contributed by atoms with Gasteiger partial charge in [-0.15, -0.1) is 0 Å². The van der Waals surface area contributed by atoms with Gasteiger partial charge >= 0.3 is 0 Å². The Kier molecular flexibility index (Phi) is 6.25. The molecule has 0 unspecified atom stereocenters. The van der Waals surface area contributed by atoms with Gasteiger partial charge in [0.15, 0.2) is 5.11 Å². The van der Waals surface area contributed by atoms with E-state index in [4.69, 9.17) is 17.0 Å². The minimum atomic E-state index is -0.0258. The Labute approximate surface area is 189 Å². The molecule has 2 atom stereocenters. The van der Waals surface area contributed by atoms with Crippen molar-refractivity contribution in [3.8, 4) is 11.4 Å². The van der Waals surface area contributed by atoms with Crippen LogP contribution in [-0.4, -0.2) is 58.8 Å². The number of hydrogen-bond donors (Lipinski definition) is 1. The van der Waals surface area contributed by atoms with Gasteiger partial charge in [-0.05, 0) is 81.8 Å². The van der Waals surface area contributed by atoms with Gasteiger partial charge in [0.1, 0.15) is 5.75 Å². The molecule has 2 aromatic heterocycles. The summed E-state index contributed by atoms with van der Waals surface area (Å²) in [5.41, 5.74) is 4.44. The second kappa shape index (κ2) is 9.08. The van der Waals surface area contributed by atoms with Gasteiger partial charge < -0.3 is 24.4 Å². The van der Waals surface area contributed by atoms with Gasteiger partial charge in [0.2, 0.25) is 0 Å². The predicted octanol–water partition coefficient (Wildman–Crippen LogP) is 3.72. The minimum Gasteiger partial charge on any atom is -0.497 e. The molecule has 1 N–H and O–H groups in total. The van der Waals surface area contributed by atoms with Crippen LogP contribution in [-0.2, 0) is 0 Å². The van der Waals surface area contributed by atoms with Gasteiger partial charge in [-0.2, -0.15) is 0 Å². The van der Waals surface area contributed by atoms with E-state index in [9.17, 15) is 0 Å². The Bertz CT molecular complexity index is 1030. The quantitative estimate of drug-likeness (QED) is 0.571. The summed E-state index contributed by atoms with van der Waals surface area (Å²) in [5.74, 6) is 0.845. The number of rotatable bonds is 7. The van der Waals surface area contributed by atoms with Crippen molar-refractivity contribution in [2.24, 2.45) is 0 Å². The largest absolute Gasteiger partial charge is 0.497 e. The third kappa shape index (κ3) is 4.29. The number of pyridine rings is 1. The summed E-state index contributed by atoms with van der Waals surface area (Å²) in [6, 6.07) is 18.6. The maximum atomic E-state index is 5.79. The van der Waals surface area contributed by atoms with E-state index in [1.165, 1.54) is 11.4 Å². The Morgan fingerprint density at radius 1 is 1.10 bits per heavy atom. The fraction of sp³-hybridized carbons (Fsp3) is 0.333. The van der Waals surface area contributed by atoms with Crippen molar-refractivity contribution in [2.75, 3.05) is 34.3 Å². The highest BCUT2D eigenvalue weighted by molar-refractivity contribution is 7.80. The van der Waals surface area contributed by atoms with Crippen molar-refractivity contribution in [1.29, 1.82) is 0 Å². The van der Waals surface area contributed by atoms with Gasteiger partial charge in [-0.1, -0.05) is 6.07 Å². The SMILES string of the molecule is COc1ccc(-n2c(C)ccc2[C@@H]2[C@H](c3ccccn3)NC(=S)N2CCN(C)C)cc1. The highest BCUT2D eigenvalue weighted by atomic mass is 32.1. The Morgan fingerprint density at radius 2 is 1.87 bits per heavy atom. The summed E-state index contributed by atoms with van der Waals surface area (Å²) >= 11 is 5.79. The molecule has 1 aliphatic heterocycles. The molecule has 31 heavy (non-hydrogen) atoms. The molecular weight excluding hydrogens is 406 g/mol. The normalized spacial score (nSPS) is 18.5. The van der Waals surface area contributed by atoms with E-state index in [-0.39, 0.29) is 12.1 Å². The first-order valence-corrected chi connectivity index (χ1v) is 10.9. The lowest BCUT2D eigenvalue weighted by Gasteiger charge is -2.30. The highest BCUT2D eigenvalue weighted by Crippen LogP contribution is 2.40. The number of hydrogen-bond acceptors (Lipinski definition) is 4. The molecule has 0 spiro atoms. The number of likely N-dealkylation sites (N-methyl/N-ethyl adjacent to an activating group) is 1. The number of methoxy groups -OCH3 is 1. The minimum absolute atomic E-state index is 0.0258. The van der Waals surface area contributed by atoms with Crippen molar-refractivity contribution in [2.45, 2.75) is 19.0 Å². The first kappa shape index (κ1) is 21.3. The molecule has 6 nitrogen and oxygen atoms in total. The third-order valence-electron chi connectivity index (χ3n) is 5.73. The molecular formula is C24H29N5OS. The number of benzene rings is 1. The van der Waals surface area contributed by atoms with Crippen LogP contribution < -0.4 is 10.1 Å². The molecule has 1 fully saturated rings. The number of aromatic nitrogens is 2. The molecule has 1 aliphatic rings. The molecule has 0 radical (unpaired) electrons. The summed E-state index contributed by atoms with van der Waals surface area (Å²) in [6.07, 6.45) is 1.84. The molecule has 7 heteroatoms. The Balaban J connectivity index is 1.80. The topological polar surface area (TPSA) is 45.6 Å². The zero-order valence-corrected chi connectivity index (χ0v) is 19.3. The molecule has 1 saturated heterocycles. The van der Waals surface area contributed by atoms with Crippen LogP contribution >= 0.6 is 12.2 Å². The van der Waals surface area contributed by atoms with E-state index in [0.29, 0.717) is 0 Å². The summed E-state index contributed by atoms with van der Waals surface area (Å²) in [6.45, 7) is 3.88.